The number of carbonyl (C=O) groups excluding carboxylic acids is 4. The number of benzene rings is 2. The molecule has 1 saturated carbocycles. The standard InChI is InChI=1S/C61H81F3N10O7/c1-38(79-4)52-46(28-43(30-66-52)70-22-21-69-23-24-80-33-44(69)32-70)54-47-29-59(2,3)37-81-58(78)48-13-8-18-74(68-48)57(77)49(26-39-9-7-12-41(25-39)42-14-15-51(45(47)27-42)73(54)36-61(62,63)64)67-55(75)53(40-10-5-6-11-40)71-19-16-60(34-71)17-20-72(35-60)56(76)50-31-65-50/h7,9,12,14-15,25,27,30,38,40,43-44,48-50,53,65,68H,5-6,8,10-11,13,16-24,26,28-29,31-37H2,1-4H3,(H,67,75)/t38-,43+,44-,48-,49-,50+,53-,60-/m0/s1. The number of methoxy groups -OCH3 is 1. The predicted molar refractivity (Wildman–Crippen MR) is 301 cm³/mol. The third-order valence-electron chi connectivity index (χ3n) is 19.3. The van der Waals surface area contributed by atoms with E-state index in [9.17, 15) is 9.59 Å². The molecule has 81 heavy (non-hydrogen) atoms. The number of aromatic nitrogens is 1. The van der Waals surface area contributed by atoms with E-state index in [2.05, 4.69) is 30.8 Å². The summed E-state index contributed by atoms with van der Waals surface area (Å²) in [6.07, 6.45) is 4.23. The maximum atomic E-state index is 15.3. The zero-order valence-electron chi connectivity index (χ0n) is 47.5. The van der Waals surface area contributed by atoms with Gasteiger partial charge in [0.15, 0.2) is 0 Å². The first kappa shape index (κ1) is 56.3. The van der Waals surface area contributed by atoms with Crippen molar-refractivity contribution in [1.82, 2.24) is 45.2 Å². The minimum absolute atomic E-state index is 0.0505. The number of rotatable bonds is 10. The Bertz CT molecular complexity index is 2950. The summed E-state index contributed by atoms with van der Waals surface area (Å²) in [6.45, 7) is 13.0. The van der Waals surface area contributed by atoms with Crippen LogP contribution in [0.25, 0.3) is 27.6 Å². The zero-order chi connectivity index (χ0) is 56.4. The fourth-order valence-corrected chi connectivity index (χ4v) is 14.9. The maximum absolute atomic E-state index is 15.3. The quantitative estimate of drug-likeness (QED) is 0.170. The van der Waals surface area contributed by atoms with Gasteiger partial charge in [-0.1, -0.05) is 57.0 Å². The number of nitrogens with one attached hydrogen (secondary N) is 3. The van der Waals surface area contributed by atoms with E-state index in [-0.39, 0.29) is 66.6 Å². The summed E-state index contributed by atoms with van der Waals surface area (Å²) < 4.78 is 65.3. The van der Waals surface area contributed by atoms with Gasteiger partial charge in [0.05, 0.1) is 49.4 Å². The molecule has 8 aliphatic heterocycles. The number of fused-ring (bicyclic) bond motifs is 7. The molecule has 9 heterocycles. The van der Waals surface area contributed by atoms with E-state index in [0.29, 0.717) is 85.5 Å². The minimum atomic E-state index is -4.59. The monoisotopic (exact) mass is 1120 g/mol. The lowest BCUT2D eigenvalue weighted by Crippen LogP contribution is -2.62. The Morgan fingerprint density at radius 2 is 1.73 bits per heavy atom. The Kier molecular flexibility index (Phi) is 15.8. The number of nitrogens with zero attached hydrogens (tertiary/aromatic N) is 7. The van der Waals surface area contributed by atoms with Gasteiger partial charge < -0.3 is 34.3 Å². The normalized spacial score (nSPS) is 29.7. The molecular formula is C61H81F3N10O7. The summed E-state index contributed by atoms with van der Waals surface area (Å²) in [5, 5.41) is 8.60. The lowest BCUT2D eigenvalue weighted by atomic mass is 9.83. The number of hydrogen-bond acceptors (Lipinski definition) is 13. The van der Waals surface area contributed by atoms with Gasteiger partial charge in [-0.25, -0.2) is 5.43 Å². The highest BCUT2D eigenvalue weighted by Crippen LogP contribution is 2.45. The number of hydrazine groups is 1. The number of alkyl halides is 3. The number of piperazine rings is 1. The molecule has 1 aromatic heterocycles. The molecule has 8 atom stereocenters. The smallest absolute Gasteiger partial charge is 0.406 e. The fourth-order valence-electron chi connectivity index (χ4n) is 14.9. The van der Waals surface area contributed by atoms with E-state index in [1.165, 1.54) is 9.58 Å². The second kappa shape index (κ2) is 22.7. The van der Waals surface area contributed by atoms with Crippen molar-refractivity contribution in [2.75, 3.05) is 92.4 Å². The molecule has 6 bridgehead atoms. The largest absolute Gasteiger partial charge is 0.464 e. The molecule has 3 N–H and O–H groups in total. The van der Waals surface area contributed by atoms with Crippen molar-refractivity contribution < 1.29 is 46.6 Å². The Morgan fingerprint density at radius 3 is 2.52 bits per heavy atom. The maximum Gasteiger partial charge on any atom is 0.406 e. The molecule has 0 radical (unpaired) electrons. The van der Waals surface area contributed by atoms with Crippen molar-refractivity contribution in [2.24, 2.45) is 21.7 Å². The third-order valence-corrected chi connectivity index (χ3v) is 19.3. The summed E-state index contributed by atoms with van der Waals surface area (Å²) in [5.41, 5.74) is 7.55. The predicted octanol–water partition coefficient (Wildman–Crippen LogP) is 5.58. The lowest BCUT2D eigenvalue weighted by Gasteiger charge is -2.46. The second-order valence-corrected chi connectivity index (χ2v) is 25.7. The number of morpholine rings is 1. The van der Waals surface area contributed by atoms with Crippen molar-refractivity contribution >= 4 is 46.4 Å². The number of halogens is 3. The van der Waals surface area contributed by atoms with Gasteiger partial charge in [-0.05, 0) is 105 Å². The van der Waals surface area contributed by atoms with Gasteiger partial charge in [0.1, 0.15) is 18.6 Å². The number of hydrogen-bond donors (Lipinski definition) is 3. The second-order valence-electron chi connectivity index (χ2n) is 25.7. The van der Waals surface area contributed by atoms with Gasteiger partial charge >= 0.3 is 12.1 Å². The highest BCUT2D eigenvalue weighted by atomic mass is 19.4. The highest BCUT2D eigenvalue weighted by Gasteiger charge is 2.51. The molecule has 438 valence electrons. The number of amides is 3. The van der Waals surface area contributed by atoms with Gasteiger partial charge in [-0.15, -0.1) is 0 Å². The molecule has 3 aromatic rings. The van der Waals surface area contributed by atoms with E-state index in [0.717, 1.165) is 101 Å². The average molecular weight is 1120 g/mol. The van der Waals surface area contributed by atoms with Crippen LogP contribution in [-0.2, 0) is 52.8 Å². The minimum Gasteiger partial charge on any atom is -0.464 e. The van der Waals surface area contributed by atoms with E-state index < -0.39 is 48.3 Å². The van der Waals surface area contributed by atoms with Gasteiger partial charge in [0.25, 0.3) is 5.91 Å². The number of likely N-dealkylation sites (tertiary alicyclic amines) is 2. The molecule has 20 heteroatoms. The summed E-state index contributed by atoms with van der Waals surface area (Å²) >= 11 is 0. The number of carbonyl (C=O) groups is 4. The molecule has 0 unspecified atom stereocenters. The summed E-state index contributed by atoms with van der Waals surface area (Å²) in [6, 6.07) is 11.1. The molecule has 12 rings (SSSR count). The van der Waals surface area contributed by atoms with E-state index in [4.69, 9.17) is 19.2 Å². The third kappa shape index (κ3) is 11.9. The van der Waals surface area contributed by atoms with E-state index in [1.807, 2.05) is 68.3 Å². The van der Waals surface area contributed by atoms with Crippen LogP contribution >= 0.6 is 0 Å². The Balaban J connectivity index is 0.913. The topological polar surface area (TPSA) is 175 Å². The van der Waals surface area contributed by atoms with Gasteiger partial charge in [0, 0.05) is 118 Å². The first-order valence-corrected chi connectivity index (χ1v) is 29.9. The van der Waals surface area contributed by atoms with Crippen LogP contribution in [0.4, 0.5) is 13.2 Å². The van der Waals surface area contributed by atoms with Crippen LogP contribution in [0.2, 0.25) is 0 Å². The van der Waals surface area contributed by atoms with Crippen molar-refractivity contribution in [3.8, 4) is 11.1 Å². The zero-order valence-corrected chi connectivity index (χ0v) is 47.5. The van der Waals surface area contributed by atoms with E-state index in [1.54, 1.807) is 13.2 Å². The van der Waals surface area contributed by atoms with Gasteiger partial charge in [0.2, 0.25) is 11.8 Å². The molecule has 1 spiro atoms. The van der Waals surface area contributed by atoms with Crippen LogP contribution in [0.1, 0.15) is 95.4 Å². The van der Waals surface area contributed by atoms with Crippen LogP contribution < -0.4 is 16.1 Å². The lowest BCUT2D eigenvalue weighted by molar-refractivity contribution is -0.155. The SMILES string of the molecule is CO[C@@H](C)C1=C(c2c3c4cc(ccc4n2CC(F)(F)F)-c2cccc(c2)C[C@H](NC(=O)[C@H](C2CCCC2)N2CC[C@]4(CCN(C(=O)[C@H]5CN5)C4)C2)C(=O)N2CCC[C@H](N2)C(=O)OCC(C)(C)C3)C[C@@H](N2CCN3CCOC[C@@H]3C2)C=N1. The van der Waals surface area contributed by atoms with Crippen molar-refractivity contribution in [1.29, 1.82) is 0 Å². The molecule has 1 aliphatic carbocycles. The van der Waals surface area contributed by atoms with Crippen molar-refractivity contribution in [3.05, 3.63) is 65.0 Å². The summed E-state index contributed by atoms with van der Waals surface area (Å²) in [5.74, 6) is -0.798. The molecule has 2 aromatic carbocycles. The number of esters is 1. The summed E-state index contributed by atoms with van der Waals surface area (Å²) in [4.78, 5) is 72.0. The van der Waals surface area contributed by atoms with Crippen LogP contribution in [0.5, 0.6) is 0 Å². The Labute approximate surface area is 473 Å². The molecule has 6 saturated heterocycles. The molecule has 17 nitrogen and oxygen atoms in total. The number of aliphatic imine (C=N–C) groups is 1. The Hall–Kier alpha value is -5.22. The van der Waals surface area contributed by atoms with Crippen LogP contribution in [0, 0.1) is 16.7 Å². The van der Waals surface area contributed by atoms with Gasteiger partial charge in [-0.3, -0.25) is 43.9 Å². The van der Waals surface area contributed by atoms with Crippen LogP contribution in [0.3, 0.4) is 0 Å². The number of cyclic esters (lactones) is 1. The van der Waals surface area contributed by atoms with Crippen LogP contribution in [0.15, 0.2) is 53.2 Å². The van der Waals surface area contributed by atoms with Gasteiger partial charge in [-0.2, -0.15) is 13.2 Å². The fraction of sp³-hybridized carbons (Fsp3) is 0.656. The van der Waals surface area contributed by atoms with Crippen molar-refractivity contribution in [3.63, 3.8) is 0 Å². The molecular weight excluding hydrogens is 1040 g/mol. The highest BCUT2D eigenvalue weighted by molar-refractivity contribution is 5.96. The average Bonchev–Trinajstić information content (AvgIpc) is 4.00. The molecule has 7 fully saturated rings. The first-order valence-electron chi connectivity index (χ1n) is 29.9. The van der Waals surface area contributed by atoms with Crippen LogP contribution in [-0.4, -0.2) is 200 Å². The van der Waals surface area contributed by atoms with E-state index >= 15 is 22.8 Å². The molecule has 9 aliphatic rings. The number of ether oxygens (including phenoxy) is 3. The Morgan fingerprint density at radius 1 is 0.938 bits per heavy atom. The summed E-state index contributed by atoms with van der Waals surface area (Å²) in [7, 11) is 1.59. The first-order chi connectivity index (χ1) is 38.9. The molecule has 3 amide bonds. The van der Waals surface area contributed by atoms with Crippen molar-refractivity contribution in [2.45, 2.75) is 146 Å².